The lowest BCUT2D eigenvalue weighted by Gasteiger charge is -2.25. The fourth-order valence-corrected chi connectivity index (χ4v) is 3.98. The lowest BCUT2D eigenvalue weighted by Crippen LogP contribution is -2.48. The third-order valence-corrected chi connectivity index (χ3v) is 5.89. The minimum atomic E-state index is -1.09. The number of anilines is 1. The van der Waals surface area contributed by atoms with Gasteiger partial charge < -0.3 is 5.32 Å². The molecule has 4 rings (SSSR count). The number of fused-ring (bicyclic) bond motifs is 1. The number of halogens is 3. The van der Waals surface area contributed by atoms with E-state index in [1.165, 1.54) is 12.1 Å². The van der Waals surface area contributed by atoms with Gasteiger partial charge in [-0.3, -0.25) is 19.3 Å². The fourth-order valence-electron chi connectivity index (χ4n) is 3.47. The minimum Gasteiger partial charge on any atom is -0.324 e. The maximum absolute atomic E-state index is 13.2. The Labute approximate surface area is 193 Å². The maximum atomic E-state index is 13.2. The van der Waals surface area contributed by atoms with Crippen LogP contribution < -0.4 is 5.32 Å². The van der Waals surface area contributed by atoms with Crippen LogP contribution in [0, 0.1) is 0 Å². The fraction of sp³-hybridized carbons (Fsp3) is 0.0870. The zero-order chi connectivity index (χ0) is 22.1. The van der Waals surface area contributed by atoms with Gasteiger partial charge in [0.05, 0.1) is 21.2 Å². The van der Waals surface area contributed by atoms with E-state index in [-0.39, 0.29) is 27.6 Å². The van der Waals surface area contributed by atoms with E-state index in [0.29, 0.717) is 10.7 Å². The molecule has 8 heteroatoms. The van der Waals surface area contributed by atoms with Gasteiger partial charge in [0.15, 0.2) is 0 Å². The average Bonchev–Trinajstić information content (AvgIpc) is 2.97. The van der Waals surface area contributed by atoms with Crippen LogP contribution in [0.3, 0.4) is 0 Å². The molecule has 0 radical (unpaired) electrons. The number of imide groups is 1. The van der Waals surface area contributed by atoms with E-state index in [2.05, 4.69) is 5.32 Å². The van der Waals surface area contributed by atoms with E-state index in [1.807, 2.05) is 30.3 Å². The molecule has 5 nitrogen and oxygen atoms in total. The topological polar surface area (TPSA) is 66.5 Å². The number of nitrogens with one attached hydrogen (secondary N) is 1. The highest BCUT2D eigenvalue weighted by atomic mass is 35.5. The first kappa shape index (κ1) is 21.4. The first-order chi connectivity index (χ1) is 14.8. The molecule has 1 aliphatic heterocycles. The van der Waals surface area contributed by atoms with Gasteiger partial charge in [0.25, 0.3) is 11.8 Å². The molecular formula is C23H15Cl3N2O3. The number of carbonyl (C=O) groups is 3. The van der Waals surface area contributed by atoms with Gasteiger partial charge in [-0.2, -0.15) is 0 Å². The summed E-state index contributed by atoms with van der Waals surface area (Å²) in [7, 11) is 0. The predicted molar refractivity (Wildman–Crippen MR) is 121 cm³/mol. The molecule has 0 aliphatic carbocycles. The number of rotatable bonds is 5. The molecule has 0 aromatic heterocycles. The Hall–Kier alpha value is -2.86. The van der Waals surface area contributed by atoms with Crippen LogP contribution >= 0.6 is 34.8 Å². The molecular weight excluding hydrogens is 459 g/mol. The first-order valence-electron chi connectivity index (χ1n) is 9.32. The normalized spacial score (nSPS) is 13.8. The Bertz CT molecular complexity index is 1160. The molecule has 31 heavy (non-hydrogen) atoms. The van der Waals surface area contributed by atoms with Crippen molar-refractivity contribution >= 4 is 58.2 Å². The van der Waals surface area contributed by atoms with Crippen molar-refractivity contribution in [3.63, 3.8) is 0 Å². The summed E-state index contributed by atoms with van der Waals surface area (Å²) in [6, 6.07) is 17.4. The molecule has 1 heterocycles. The smallest absolute Gasteiger partial charge is 0.262 e. The average molecular weight is 474 g/mol. The van der Waals surface area contributed by atoms with Gasteiger partial charge in [-0.25, -0.2) is 0 Å². The van der Waals surface area contributed by atoms with Crippen molar-refractivity contribution in [3.05, 3.63) is 98.5 Å². The molecule has 3 aromatic rings. The molecule has 0 bridgehead atoms. The quantitative estimate of drug-likeness (QED) is 0.498. The number of carbonyl (C=O) groups excluding carboxylic acids is 3. The minimum absolute atomic E-state index is 0.119. The summed E-state index contributed by atoms with van der Waals surface area (Å²) in [5.41, 5.74) is 1.49. The van der Waals surface area contributed by atoms with E-state index in [1.54, 1.807) is 24.3 Å². The Morgan fingerprint density at radius 1 is 0.839 bits per heavy atom. The first-order valence-corrected chi connectivity index (χ1v) is 10.5. The van der Waals surface area contributed by atoms with Crippen LogP contribution in [-0.2, 0) is 11.2 Å². The Kier molecular flexibility index (Phi) is 6.01. The summed E-state index contributed by atoms with van der Waals surface area (Å²) < 4.78 is 0. The summed E-state index contributed by atoms with van der Waals surface area (Å²) >= 11 is 18.1. The van der Waals surface area contributed by atoms with Gasteiger partial charge in [-0.15, -0.1) is 0 Å². The van der Waals surface area contributed by atoms with Crippen LogP contribution in [0.15, 0.2) is 66.7 Å². The highest BCUT2D eigenvalue weighted by Gasteiger charge is 2.43. The predicted octanol–water partition coefficient (Wildman–Crippen LogP) is 5.49. The summed E-state index contributed by atoms with van der Waals surface area (Å²) in [5.74, 6) is -1.71. The van der Waals surface area contributed by atoms with Gasteiger partial charge in [0, 0.05) is 17.1 Å². The number of amides is 3. The highest BCUT2D eigenvalue weighted by molar-refractivity contribution is 6.43. The Morgan fingerprint density at radius 2 is 1.45 bits per heavy atom. The van der Waals surface area contributed by atoms with Crippen molar-refractivity contribution in [3.8, 4) is 0 Å². The van der Waals surface area contributed by atoms with Crippen LogP contribution in [0.1, 0.15) is 26.3 Å². The van der Waals surface area contributed by atoms with Crippen molar-refractivity contribution in [1.82, 2.24) is 4.90 Å². The maximum Gasteiger partial charge on any atom is 0.262 e. The van der Waals surface area contributed by atoms with E-state index < -0.39 is 23.8 Å². The molecule has 3 amide bonds. The van der Waals surface area contributed by atoms with Crippen molar-refractivity contribution in [1.29, 1.82) is 0 Å². The number of hydrogen-bond donors (Lipinski definition) is 1. The van der Waals surface area contributed by atoms with Gasteiger partial charge in [0.2, 0.25) is 5.91 Å². The molecule has 1 aliphatic rings. The molecule has 0 spiro atoms. The van der Waals surface area contributed by atoms with Crippen LogP contribution in [-0.4, -0.2) is 28.7 Å². The number of hydrogen-bond acceptors (Lipinski definition) is 3. The van der Waals surface area contributed by atoms with Gasteiger partial charge >= 0.3 is 0 Å². The van der Waals surface area contributed by atoms with Crippen LogP contribution in [0.25, 0.3) is 0 Å². The SMILES string of the molecule is O=C(Nc1cccc(Cl)c1)[C@@H](Cc1ccccc1)N1C(=O)c2cc(Cl)c(Cl)cc2C1=O. The van der Waals surface area contributed by atoms with Gasteiger partial charge in [0.1, 0.15) is 6.04 Å². The molecule has 0 saturated heterocycles. The van der Waals surface area contributed by atoms with Crippen molar-refractivity contribution in [2.75, 3.05) is 5.32 Å². The van der Waals surface area contributed by atoms with Crippen LogP contribution in [0.2, 0.25) is 15.1 Å². The largest absolute Gasteiger partial charge is 0.324 e. The zero-order valence-corrected chi connectivity index (χ0v) is 18.2. The third kappa shape index (κ3) is 4.30. The Morgan fingerprint density at radius 3 is 2.03 bits per heavy atom. The lowest BCUT2D eigenvalue weighted by molar-refractivity contribution is -0.119. The van der Waals surface area contributed by atoms with Crippen LogP contribution in [0.5, 0.6) is 0 Å². The summed E-state index contributed by atoms with van der Waals surface area (Å²) in [6.07, 6.45) is 0.139. The molecule has 1 atom stereocenters. The van der Waals surface area contributed by atoms with Gasteiger partial charge in [-0.1, -0.05) is 71.2 Å². The van der Waals surface area contributed by atoms with Gasteiger partial charge in [-0.05, 0) is 35.9 Å². The second-order valence-electron chi connectivity index (χ2n) is 7.00. The van der Waals surface area contributed by atoms with E-state index >= 15 is 0 Å². The summed E-state index contributed by atoms with van der Waals surface area (Å²) in [4.78, 5) is 40.4. The van der Waals surface area contributed by atoms with Crippen LogP contribution in [0.4, 0.5) is 5.69 Å². The van der Waals surface area contributed by atoms with Crippen molar-refractivity contribution in [2.45, 2.75) is 12.5 Å². The number of benzene rings is 3. The molecule has 0 unspecified atom stereocenters. The molecule has 0 fully saturated rings. The van der Waals surface area contributed by atoms with Crippen molar-refractivity contribution < 1.29 is 14.4 Å². The standard InChI is InChI=1S/C23H15Cl3N2O3/c24-14-7-4-8-15(10-14)27-21(29)20(9-13-5-2-1-3-6-13)28-22(30)16-11-18(25)19(26)12-17(16)23(28)31/h1-8,10-12,20H,9H2,(H,27,29)/t20-/m1/s1. The second kappa shape index (κ2) is 8.71. The van der Waals surface area contributed by atoms with E-state index in [4.69, 9.17) is 34.8 Å². The van der Waals surface area contributed by atoms with Crippen molar-refractivity contribution in [2.24, 2.45) is 0 Å². The summed E-state index contributed by atoms with van der Waals surface area (Å²) in [5, 5.41) is 3.51. The highest BCUT2D eigenvalue weighted by Crippen LogP contribution is 2.33. The second-order valence-corrected chi connectivity index (χ2v) is 8.25. The molecule has 0 saturated carbocycles. The molecule has 1 N–H and O–H groups in total. The lowest BCUT2D eigenvalue weighted by atomic mass is 10.0. The molecule has 3 aromatic carbocycles. The van der Waals surface area contributed by atoms with E-state index in [0.717, 1.165) is 10.5 Å². The monoisotopic (exact) mass is 472 g/mol. The summed E-state index contributed by atoms with van der Waals surface area (Å²) in [6.45, 7) is 0. The molecule has 156 valence electrons. The van der Waals surface area contributed by atoms with E-state index in [9.17, 15) is 14.4 Å². The third-order valence-electron chi connectivity index (χ3n) is 4.94. The zero-order valence-electron chi connectivity index (χ0n) is 15.9. The Balaban J connectivity index is 1.71. The number of nitrogens with zero attached hydrogens (tertiary/aromatic N) is 1.